The van der Waals surface area contributed by atoms with Gasteiger partial charge in [0.1, 0.15) is 17.4 Å². The van der Waals surface area contributed by atoms with Gasteiger partial charge >= 0.3 is 12.3 Å². The molecule has 1 amide bonds. The Labute approximate surface area is 119 Å². The zero-order chi connectivity index (χ0) is 16.4. The van der Waals surface area contributed by atoms with Crippen molar-refractivity contribution in [2.45, 2.75) is 38.6 Å². The number of rotatable bonds is 2. The second-order valence-corrected chi connectivity index (χ2v) is 5.42. The summed E-state index contributed by atoms with van der Waals surface area (Å²) < 4.78 is 42.4. The fourth-order valence-electron chi connectivity index (χ4n) is 1.48. The molecule has 0 radical (unpaired) electrons. The van der Waals surface area contributed by atoms with Crippen molar-refractivity contribution in [3.8, 4) is 5.75 Å². The van der Waals surface area contributed by atoms with Crippen molar-refractivity contribution in [2.24, 2.45) is 5.73 Å². The largest absolute Gasteiger partial charge is 0.508 e. The Morgan fingerprint density at radius 2 is 1.90 bits per heavy atom. The average Bonchev–Trinajstić information content (AvgIpc) is 2.24. The molecule has 1 unspecified atom stereocenters. The Morgan fingerprint density at radius 1 is 1.33 bits per heavy atom. The molecule has 0 bridgehead atoms. The first-order chi connectivity index (χ1) is 9.40. The molecule has 5 nitrogen and oxygen atoms in total. The van der Waals surface area contributed by atoms with E-state index in [0.717, 1.165) is 12.1 Å². The molecule has 0 aromatic heterocycles. The van der Waals surface area contributed by atoms with Gasteiger partial charge in [-0.05, 0) is 26.8 Å². The van der Waals surface area contributed by atoms with Crippen LogP contribution in [0.25, 0.3) is 0 Å². The quantitative estimate of drug-likeness (QED) is 0.782. The maximum absolute atomic E-state index is 12.5. The highest BCUT2D eigenvalue weighted by Crippen LogP contribution is 2.36. The van der Waals surface area contributed by atoms with Crippen LogP contribution >= 0.6 is 0 Å². The van der Waals surface area contributed by atoms with E-state index >= 15 is 0 Å². The van der Waals surface area contributed by atoms with Gasteiger partial charge in [-0.15, -0.1) is 0 Å². The lowest BCUT2D eigenvalue weighted by atomic mass is 10.1. The molecular formula is C13H17F3N2O3. The number of carbonyl (C=O) groups is 1. The number of nitrogens with one attached hydrogen (secondary N) is 1. The first kappa shape index (κ1) is 17.1. The summed E-state index contributed by atoms with van der Waals surface area (Å²) in [6.07, 6.45) is -5.45. The number of hydrogen-bond donors (Lipinski definition) is 3. The maximum atomic E-state index is 12.5. The Bertz CT molecular complexity index is 524. The highest BCUT2D eigenvalue weighted by atomic mass is 19.4. The number of aromatic hydroxyl groups is 1. The van der Waals surface area contributed by atoms with E-state index in [9.17, 15) is 23.1 Å². The van der Waals surface area contributed by atoms with Crippen LogP contribution < -0.4 is 11.1 Å². The Morgan fingerprint density at radius 3 is 2.33 bits per heavy atom. The van der Waals surface area contributed by atoms with Crippen LogP contribution in [0.15, 0.2) is 18.2 Å². The molecule has 0 saturated carbocycles. The summed E-state index contributed by atoms with van der Waals surface area (Å²) in [6.45, 7) is 4.99. The van der Waals surface area contributed by atoms with Crippen LogP contribution in [-0.2, 0) is 4.74 Å². The normalized spacial score (nSPS) is 13.7. The van der Waals surface area contributed by atoms with E-state index in [0.29, 0.717) is 0 Å². The van der Waals surface area contributed by atoms with Gasteiger partial charge in [-0.25, -0.2) is 4.79 Å². The third kappa shape index (κ3) is 5.14. The van der Waals surface area contributed by atoms with E-state index in [1.807, 2.05) is 0 Å². The number of ether oxygens (including phenoxy) is 1. The number of nitrogens with two attached hydrogens (primary N) is 1. The maximum Gasteiger partial charge on any atom is 0.412 e. The first-order valence-electron chi connectivity index (χ1n) is 6.05. The third-order valence-corrected chi connectivity index (χ3v) is 2.36. The molecule has 21 heavy (non-hydrogen) atoms. The minimum Gasteiger partial charge on any atom is -0.508 e. The zero-order valence-electron chi connectivity index (χ0n) is 11.8. The number of alkyl halides is 3. The molecule has 1 rings (SSSR count). The predicted octanol–water partition coefficient (Wildman–Crippen LogP) is 3.30. The van der Waals surface area contributed by atoms with E-state index < -0.39 is 35.2 Å². The molecule has 0 spiro atoms. The summed E-state index contributed by atoms with van der Waals surface area (Å²) in [5, 5.41) is 11.9. The summed E-state index contributed by atoms with van der Waals surface area (Å²) in [5.74, 6) is -0.659. The standard InChI is InChI=1S/C13H17F3N2O3/c1-12(2,3)21-11(20)18-7-4-5-8(9(19)6-7)10(17)13(14,15)16/h4-6,10,19H,17H2,1-3H3,(H,18,20). The van der Waals surface area contributed by atoms with E-state index in [1.54, 1.807) is 20.8 Å². The molecule has 0 aliphatic heterocycles. The number of phenolic OH excluding ortho intramolecular Hbond substituents is 1. The number of anilines is 1. The van der Waals surface area contributed by atoms with Gasteiger partial charge in [-0.1, -0.05) is 6.07 Å². The summed E-state index contributed by atoms with van der Waals surface area (Å²) in [5.41, 5.74) is 3.92. The average molecular weight is 306 g/mol. The minimum atomic E-state index is -4.67. The van der Waals surface area contributed by atoms with Gasteiger partial charge in [-0.3, -0.25) is 5.32 Å². The van der Waals surface area contributed by atoms with E-state index in [-0.39, 0.29) is 5.69 Å². The van der Waals surface area contributed by atoms with Crippen molar-refractivity contribution in [3.63, 3.8) is 0 Å². The van der Waals surface area contributed by atoms with Crippen molar-refractivity contribution >= 4 is 11.8 Å². The second-order valence-electron chi connectivity index (χ2n) is 5.42. The third-order valence-electron chi connectivity index (χ3n) is 2.36. The van der Waals surface area contributed by atoms with Crippen molar-refractivity contribution in [1.29, 1.82) is 0 Å². The smallest absolute Gasteiger partial charge is 0.412 e. The highest BCUT2D eigenvalue weighted by Gasteiger charge is 2.39. The summed E-state index contributed by atoms with van der Waals surface area (Å²) >= 11 is 0. The minimum absolute atomic E-state index is 0.0971. The monoisotopic (exact) mass is 306 g/mol. The van der Waals surface area contributed by atoms with Gasteiger partial charge in [0, 0.05) is 17.3 Å². The molecule has 8 heteroatoms. The summed E-state index contributed by atoms with van der Waals surface area (Å²) in [6, 6.07) is 0.878. The molecule has 4 N–H and O–H groups in total. The number of benzene rings is 1. The Kier molecular flexibility index (Phi) is 4.72. The van der Waals surface area contributed by atoms with Gasteiger partial charge in [0.05, 0.1) is 0 Å². The molecule has 1 aromatic carbocycles. The van der Waals surface area contributed by atoms with E-state index in [4.69, 9.17) is 10.5 Å². The number of amides is 1. The fraction of sp³-hybridized carbons (Fsp3) is 0.462. The van der Waals surface area contributed by atoms with Crippen LogP contribution in [0.4, 0.5) is 23.7 Å². The number of carbonyl (C=O) groups excluding carboxylic acids is 1. The Balaban J connectivity index is 2.86. The molecular weight excluding hydrogens is 289 g/mol. The van der Waals surface area contributed by atoms with Gasteiger partial charge in [0.25, 0.3) is 0 Å². The SMILES string of the molecule is CC(C)(C)OC(=O)Nc1ccc(C(N)C(F)(F)F)c(O)c1. The van der Waals surface area contributed by atoms with Gasteiger partial charge in [0.2, 0.25) is 0 Å². The van der Waals surface area contributed by atoms with Crippen molar-refractivity contribution in [1.82, 2.24) is 0 Å². The lowest BCUT2D eigenvalue weighted by Gasteiger charge is -2.20. The second kappa shape index (κ2) is 5.80. The highest BCUT2D eigenvalue weighted by molar-refractivity contribution is 5.85. The molecule has 118 valence electrons. The van der Waals surface area contributed by atoms with Crippen LogP contribution in [-0.4, -0.2) is 23.0 Å². The van der Waals surface area contributed by atoms with Crippen molar-refractivity contribution in [3.05, 3.63) is 23.8 Å². The summed E-state index contributed by atoms with van der Waals surface area (Å²) in [7, 11) is 0. The topological polar surface area (TPSA) is 84.6 Å². The Hall–Kier alpha value is -1.96. The molecule has 0 saturated heterocycles. The zero-order valence-corrected chi connectivity index (χ0v) is 11.8. The van der Waals surface area contributed by atoms with Gasteiger partial charge in [0.15, 0.2) is 0 Å². The van der Waals surface area contributed by atoms with Crippen LogP contribution in [0.3, 0.4) is 0 Å². The van der Waals surface area contributed by atoms with Crippen molar-refractivity contribution < 1.29 is 27.8 Å². The van der Waals surface area contributed by atoms with Crippen LogP contribution in [0.2, 0.25) is 0 Å². The van der Waals surface area contributed by atoms with Crippen LogP contribution in [0.5, 0.6) is 5.75 Å². The molecule has 0 aliphatic carbocycles. The van der Waals surface area contributed by atoms with Crippen LogP contribution in [0, 0.1) is 0 Å². The molecule has 1 atom stereocenters. The molecule has 1 aromatic rings. The first-order valence-corrected chi connectivity index (χ1v) is 6.05. The lowest BCUT2D eigenvalue weighted by Crippen LogP contribution is -2.28. The lowest BCUT2D eigenvalue weighted by molar-refractivity contribution is -0.149. The molecule has 0 fully saturated rings. The fourth-order valence-corrected chi connectivity index (χ4v) is 1.48. The molecule has 0 aliphatic rings. The number of phenols is 1. The summed E-state index contributed by atoms with van der Waals surface area (Å²) in [4.78, 5) is 11.5. The van der Waals surface area contributed by atoms with Gasteiger partial charge in [-0.2, -0.15) is 13.2 Å². The van der Waals surface area contributed by atoms with E-state index in [1.165, 1.54) is 6.07 Å². The number of hydrogen-bond acceptors (Lipinski definition) is 4. The number of halogens is 3. The molecule has 0 heterocycles. The van der Waals surface area contributed by atoms with Crippen LogP contribution in [0.1, 0.15) is 32.4 Å². The van der Waals surface area contributed by atoms with E-state index in [2.05, 4.69) is 5.32 Å². The van der Waals surface area contributed by atoms with Gasteiger partial charge < -0.3 is 15.6 Å². The van der Waals surface area contributed by atoms with Crippen molar-refractivity contribution in [2.75, 3.05) is 5.32 Å². The predicted molar refractivity (Wildman–Crippen MR) is 70.9 cm³/mol.